The summed E-state index contributed by atoms with van der Waals surface area (Å²) in [6.07, 6.45) is 2.04. The SMILES string of the molecule is Cc1cccc(CC2CN(C(=O)C(C)C(C)C(=O)N3CC(Cc4cccc(C)c4)C3)C2)c1. The van der Waals surface area contributed by atoms with E-state index in [1.165, 1.54) is 22.3 Å². The van der Waals surface area contributed by atoms with Gasteiger partial charge in [0.05, 0.1) is 0 Å². The average molecular weight is 433 g/mol. The van der Waals surface area contributed by atoms with E-state index in [-0.39, 0.29) is 23.7 Å². The van der Waals surface area contributed by atoms with Crippen molar-refractivity contribution in [1.82, 2.24) is 9.80 Å². The fraction of sp³-hybridized carbons (Fsp3) is 0.500. The van der Waals surface area contributed by atoms with Crippen LogP contribution in [0.25, 0.3) is 0 Å². The Bertz CT molecular complexity index is 893. The van der Waals surface area contributed by atoms with Gasteiger partial charge in [0.15, 0.2) is 0 Å². The molecule has 2 amide bonds. The van der Waals surface area contributed by atoms with Crippen LogP contribution >= 0.6 is 0 Å². The second-order valence-electron chi connectivity index (χ2n) is 10.2. The molecule has 4 heteroatoms. The summed E-state index contributed by atoms with van der Waals surface area (Å²) in [4.78, 5) is 29.8. The minimum absolute atomic E-state index is 0.128. The van der Waals surface area contributed by atoms with Gasteiger partial charge in [-0.3, -0.25) is 9.59 Å². The van der Waals surface area contributed by atoms with Crippen LogP contribution in [-0.4, -0.2) is 47.8 Å². The van der Waals surface area contributed by atoms with Crippen LogP contribution < -0.4 is 0 Å². The zero-order valence-electron chi connectivity index (χ0n) is 19.9. The highest BCUT2D eigenvalue weighted by molar-refractivity contribution is 5.88. The van der Waals surface area contributed by atoms with Crippen molar-refractivity contribution in [2.45, 2.75) is 40.5 Å². The van der Waals surface area contributed by atoms with E-state index in [4.69, 9.17) is 0 Å². The second-order valence-corrected chi connectivity index (χ2v) is 10.2. The third-order valence-electron chi connectivity index (χ3n) is 7.28. The lowest BCUT2D eigenvalue weighted by molar-refractivity contribution is -0.151. The summed E-state index contributed by atoms with van der Waals surface area (Å²) >= 11 is 0. The van der Waals surface area contributed by atoms with Gasteiger partial charge in [0, 0.05) is 38.0 Å². The Labute approximate surface area is 192 Å². The van der Waals surface area contributed by atoms with Gasteiger partial charge in [-0.2, -0.15) is 0 Å². The molecule has 2 atom stereocenters. The Balaban J connectivity index is 1.21. The average Bonchev–Trinajstić information content (AvgIpc) is 2.71. The highest BCUT2D eigenvalue weighted by Crippen LogP contribution is 2.28. The molecule has 2 unspecified atom stereocenters. The number of carbonyl (C=O) groups excluding carboxylic acids is 2. The van der Waals surface area contributed by atoms with Crippen molar-refractivity contribution in [2.24, 2.45) is 23.7 Å². The number of nitrogens with zero attached hydrogens (tertiary/aromatic N) is 2. The summed E-state index contributed by atoms with van der Waals surface area (Å²) in [7, 11) is 0. The topological polar surface area (TPSA) is 40.6 Å². The number of aryl methyl sites for hydroxylation is 2. The predicted molar refractivity (Wildman–Crippen MR) is 128 cm³/mol. The zero-order chi connectivity index (χ0) is 22.8. The molecule has 0 aliphatic carbocycles. The fourth-order valence-electron chi connectivity index (χ4n) is 5.11. The Morgan fingerprint density at radius 1 is 0.750 bits per heavy atom. The van der Waals surface area contributed by atoms with E-state index in [9.17, 15) is 9.59 Å². The Morgan fingerprint density at radius 3 is 1.47 bits per heavy atom. The van der Waals surface area contributed by atoms with E-state index < -0.39 is 0 Å². The lowest BCUT2D eigenvalue weighted by Gasteiger charge is -2.44. The van der Waals surface area contributed by atoms with Crippen molar-refractivity contribution in [2.75, 3.05) is 26.2 Å². The summed E-state index contributed by atoms with van der Waals surface area (Å²) in [5.74, 6) is 0.774. The van der Waals surface area contributed by atoms with Crippen LogP contribution in [0.3, 0.4) is 0 Å². The molecule has 0 radical (unpaired) electrons. The molecule has 2 heterocycles. The molecule has 0 spiro atoms. The maximum absolute atomic E-state index is 12.9. The molecule has 170 valence electrons. The van der Waals surface area contributed by atoms with E-state index >= 15 is 0 Å². The van der Waals surface area contributed by atoms with Crippen molar-refractivity contribution in [3.63, 3.8) is 0 Å². The third kappa shape index (κ3) is 5.06. The van der Waals surface area contributed by atoms with Crippen LogP contribution in [-0.2, 0) is 22.4 Å². The lowest BCUT2D eigenvalue weighted by atomic mass is 9.86. The molecule has 2 aromatic carbocycles. The third-order valence-corrected chi connectivity index (χ3v) is 7.28. The van der Waals surface area contributed by atoms with Gasteiger partial charge >= 0.3 is 0 Å². The van der Waals surface area contributed by atoms with E-state index in [1.54, 1.807) is 0 Å². The summed E-state index contributed by atoms with van der Waals surface area (Å²) < 4.78 is 0. The second kappa shape index (κ2) is 9.48. The first kappa shape index (κ1) is 22.6. The van der Waals surface area contributed by atoms with Gasteiger partial charge in [0.1, 0.15) is 0 Å². The molecule has 0 N–H and O–H groups in total. The van der Waals surface area contributed by atoms with Gasteiger partial charge in [0.2, 0.25) is 11.8 Å². The van der Waals surface area contributed by atoms with E-state index in [0.29, 0.717) is 11.8 Å². The highest BCUT2D eigenvalue weighted by atomic mass is 16.2. The molecular formula is C28H36N2O2. The summed E-state index contributed by atoms with van der Waals surface area (Å²) in [6, 6.07) is 17.2. The van der Waals surface area contributed by atoms with Crippen molar-refractivity contribution in [3.8, 4) is 0 Å². The van der Waals surface area contributed by atoms with Gasteiger partial charge in [-0.15, -0.1) is 0 Å². The number of benzene rings is 2. The molecule has 4 nitrogen and oxygen atoms in total. The van der Waals surface area contributed by atoms with Crippen LogP contribution in [0.2, 0.25) is 0 Å². The van der Waals surface area contributed by atoms with Gasteiger partial charge in [-0.25, -0.2) is 0 Å². The van der Waals surface area contributed by atoms with Gasteiger partial charge in [0.25, 0.3) is 0 Å². The van der Waals surface area contributed by atoms with Crippen LogP contribution in [0.1, 0.15) is 36.1 Å². The summed E-state index contributed by atoms with van der Waals surface area (Å²) in [5, 5.41) is 0. The van der Waals surface area contributed by atoms with Crippen molar-refractivity contribution in [3.05, 3.63) is 70.8 Å². The molecule has 2 fully saturated rings. The molecule has 0 saturated carbocycles. The highest BCUT2D eigenvalue weighted by Gasteiger charge is 2.39. The number of likely N-dealkylation sites (tertiary alicyclic amines) is 2. The molecular weight excluding hydrogens is 396 g/mol. The van der Waals surface area contributed by atoms with E-state index in [1.807, 2.05) is 23.6 Å². The maximum Gasteiger partial charge on any atom is 0.226 e. The normalized spacial score (nSPS) is 18.6. The molecule has 32 heavy (non-hydrogen) atoms. The van der Waals surface area contributed by atoms with Gasteiger partial charge in [-0.1, -0.05) is 73.5 Å². The van der Waals surface area contributed by atoms with Crippen molar-refractivity contribution >= 4 is 11.8 Å². The smallest absolute Gasteiger partial charge is 0.226 e. The van der Waals surface area contributed by atoms with Crippen LogP contribution in [0, 0.1) is 37.5 Å². The first-order chi connectivity index (χ1) is 15.3. The standard InChI is InChI=1S/C28H36N2O2/c1-19-7-5-9-23(11-19)13-25-15-29(16-25)27(31)21(3)22(4)28(32)30-17-26(18-30)14-24-10-6-8-20(2)12-24/h5-12,21-22,25-26H,13-18H2,1-4H3. The first-order valence-electron chi connectivity index (χ1n) is 12.0. The zero-order valence-corrected chi connectivity index (χ0v) is 19.9. The molecule has 2 aliphatic heterocycles. The molecule has 2 aliphatic rings. The van der Waals surface area contributed by atoms with Gasteiger partial charge < -0.3 is 9.80 Å². The summed E-state index contributed by atoms with van der Waals surface area (Å²) in [6.45, 7) is 11.3. The first-order valence-corrected chi connectivity index (χ1v) is 12.0. The molecule has 0 bridgehead atoms. The van der Waals surface area contributed by atoms with Crippen molar-refractivity contribution in [1.29, 1.82) is 0 Å². The molecule has 2 saturated heterocycles. The fourth-order valence-corrected chi connectivity index (χ4v) is 5.11. The van der Waals surface area contributed by atoms with Crippen molar-refractivity contribution < 1.29 is 9.59 Å². The number of carbonyl (C=O) groups is 2. The van der Waals surface area contributed by atoms with E-state index in [2.05, 4.69) is 62.4 Å². The number of hydrogen-bond donors (Lipinski definition) is 0. The Morgan fingerprint density at radius 2 is 1.12 bits per heavy atom. The number of amides is 2. The van der Waals surface area contributed by atoms with Crippen LogP contribution in [0.15, 0.2) is 48.5 Å². The predicted octanol–water partition coefficient (Wildman–Crippen LogP) is 4.28. The van der Waals surface area contributed by atoms with Crippen LogP contribution in [0.5, 0.6) is 0 Å². The van der Waals surface area contributed by atoms with Gasteiger partial charge in [-0.05, 0) is 49.7 Å². The Kier molecular flexibility index (Phi) is 6.68. The van der Waals surface area contributed by atoms with E-state index in [0.717, 1.165) is 39.0 Å². The molecule has 0 aromatic heterocycles. The molecule has 4 rings (SSSR count). The minimum atomic E-state index is -0.266. The monoisotopic (exact) mass is 432 g/mol. The quantitative estimate of drug-likeness (QED) is 0.655. The Hall–Kier alpha value is -2.62. The lowest BCUT2D eigenvalue weighted by Crippen LogP contribution is -2.56. The molecule has 2 aromatic rings. The number of rotatable bonds is 7. The largest absolute Gasteiger partial charge is 0.342 e. The maximum atomic E-state index is 12.9. The summed E-state index contributed by atoms with van der Waals surface area (Å²) in [5.41, 5.74) is 5.25. The number of hydrogen-bond acceptors (Lipinski definition) is 2. The van der Waals surface area contributed by atoms with Crippen LogP contribution in [0.4, 0.5) is 0 Å². The minimum Gasteiger partial charge on any atom is -0.342 e.